The molecule has 26 heavy (non-hydrogen) atoms. The van der Waals surface area contributed by atoms with E-state index >= 15 is 0 Å². The van der Waals surface area contributed by atoms with E-state index in [1.807, 2.05) is 12.1 Å². The van der Waals surface area contributed by atoms with Gasteiger partial charge in [0.25, 0.3) is 0 Å². The molecule has 5 rings (SSSR count). The van der Waals surface area contributed by atoms with Crippen LogP contribution in [0.2, 0.25) is 0 Å². The summed E-state index contributed by atoms with van der Waals surface area (Å²) in [6, 6.07) is 31.6. The van der Waals surface area contributed by atoms with Crippen LogP contribution >= 0.6 is 0 Å². The van der Waals surface area contributed by atoms with Gasteiger partial charge in [0.15, 0.2) is 0 Å². The molecule has 3 aromatic carbocycles. The van der Waals surface area contributed by atoms with Crippen molar-refractivity contribution in [2.75, 3.05) is 0 Å². The van der Waals surface area contributed by atoms with E-state index in [1.54, 1.807) is 0 Å². The van der Waals surface area contributed by atoms with Crippen LogP contribution in [0.3, 0.4) is 0 Å². The van der Waals surface area contributed by atoms with Gasteiger partial charge in [-0.3, -0.25) is 0 Å². The number of H-pyrrole nitrogens is 1. The molecule has 0 amide bonds. The molecule has 128 valence electrons. The molecule has 2 heteroatoms. The lowest BCUT2D eigenvalue weighted by molar-refractivity contribution is 0.978. The summed E-state index contributed by atoms with van der Waals surface area (Å²) >= 11 is 0. The van der Waals surface area contributed by atoms with Gasteiger partial charge in [0.05, 0.1) is 0 Å². The Morgan fingerprint density at radius 2 is 1.35 bits per heavy atom. The van der Waals surface area contributed by atoms with Gasteiger partial charge in [-0.2, -0.15) is 0 Å². The maximum Gasteiger partial charge on any atom is 0.0488 e. The molecule has 0 aliphatic heterocycles. The van der Waals surface area contributed by atoms with E-state index in [2.05, 4.69) is 102 Å². The summed E-state index contributed by atoms with van der Waals surface area (Å²) in [6.07, 6.45) is 0. The van der Waals surface area contributed by atoms with Crippen molar-refractivity contribution in [3.8, 4) is 11.3 Å². The molecule has 0 aliphatic carbocycles. The quantitative estimate of drug-likeness (QED) is 0.369. The number of hydrogen-bond donors (Lipinski definition) is 1. The molecule has 2 heterocycles. The van der Waals surface area contributed by atoms with Crippen LogP contribution in [-0.2, 0) is 7.05 Å². The molecule has 1 N–H and O–H groups in total. The second-order valence-corrected chi connectivity index (χ2v) is 6.55. The van der Waals surface area contributed by atoms with Crippen LogP contribution in [0, 0.1) is 6.92 Å². The standard InChI is InChI=1S/C15H13N.C9H9N/c1-16-14-10-6-5-9-13(14)11-15(16)12-7-3-2-4-8-12;1-7-6-8-4-2-3-5-9(8)10-7/h2-11H,1H3;2-6,10H,1H3. The predicted octanol–water partition coefficient (Wildman–Crippen LogP) is 6.32. The molecule has 0 radical (unpaired) electrons. The van der Waals surface area contributed by atoms with Gasteiger partial charge >= 0.3 is 0 Å². The zero-order valence-corrected chi connectivity index (χ0v) is 15.1. The Morgan fingerprint density at radius 1 is 0.692 bits per heavy atom. The topological polar surface area (TPSA) is 20.7 Å². The van der Waals surface area contributed by atoms with Crippen molar-refractivity contribution in [2.45, 2.75) is 6.92 Å². The van der Waals surface area contributed by atoms with E-state index in [9.17, 15) is 0 Å². The first-order chi connectivity index (χ1) is 12.7. The lowest BCUT2D eigenvalue weighted by Gasteiger charge is -2.03. The maximum atomic E-state index is 3.26. The van der Waals surface area contributed by atoms with Crippen LogP contribution in [0.25, 0.3) is 33.1 Å². The van der Waals surface area contributed by atoms with Crippen molar-refractivity contribution in [3.63, 3.8) is 0 Å². The minimum absolute atomic E-state index is 1.22. The minimum atomic E-state index is 1.22. The Balaban J connectivity index is 0.000000144. The third-order valence-electron chi connectivity index (χ3n) is 4.69. The molecule has 0 aliphatic rings. The molecule has 5 aromatic rings. The first-order valence-electron chi connectivity index (χ1n) is 8.86. The lowest BCUT2D eigenvalue weighted by atomic mass is 10.1. The molecular formula is C24H22N2. The molecular weight excluding hydrogens is 316 g/mol. The number of nitrogens with one attached hydrogen (secondary N) is 1. The average Bonchev–Trinajstić information content (AvgIpc) is 3.22. The number of nitrogens with zero attached hydrogens (tertiary/aromatic N) is 1. The highest BCUT2D eigenvalue weighted by Crippen LogP contribution is 2.26. The summed E-state index contributed by atoms with van der Waals surface area (Å²) in [7, 11) is 2.12. The van der Waals surface area contributed by atoms with Crippen LogP contribution in [0.5, 0.6) is 0 Å². The molecule has 2 nitrogen and oxygen atoms in total. The van der Waals surface area contributed by atoms with Crippen molar-refractivity contribution in [2.24, 2.45) is 7.05 Å². The van der Waals surface area contributed by atoms with E-state index in [0.29, 0.717) is 0 Å². The van der Waals surface area contributed by atoms with Crippen molar-refractivity contribution < 1.29 is 0 Å². The van der Waals surface area contributed by atoms with Gasteiger partial charge in [0, 0.05) is 34.9 Å². The van der Waals surface area contributed by atoms with Crippen LogP contribution in [0.4, 0.5) is 0 Å². The van der Waals surface area contributed by atoms with E-state index < -0.39 is 0 Å². The SMILES string of the molecule is Cc1cc2ccccc2[nH]1.Cn1c(-c2ccccc2)cc2ccccc21. The van der Waals surface area contributed by atoms with Gasteiger partial charge in [0.1, 0.15) is 0 Å². The number of para-hydroxylation sites is 2. The van der Waals surface area contributed by atoms with E-state index in [1.165, 1.54) is 38.8 Å². The third-order valence-corrected chi connectivity index (χ3v) is 4.69. The minimum Gasteiger partial charge on any atom is -0.359 e. The number of benzene rings is 3. The Labute approximate surface area is 153 Å². The summed E-state index contributed by atoms with van der Waals surface area (Å²) < 4.78 is 2.24. The molecule has 0 saturated carbocycles. The normalized spacial score (nSPS) is 10.7. The fourth-order valence-corrected chi connectivity index (χ4v) is 3.39. The van der Waals surface area contributed by atoms with Crippen LogP contribution < -0.4 is 0 Å². The van der Waals surface area contributed by atoms with Gasteiger partial charge in [0.2, 0.25) is 0 Å². The Morgan fingerprint density at radius 3 is 2.08 bits per heavy atom. The zero-order valence-electron chi connectivity index (χ0n) is 15.1. The first kappa shape index (κ1) is 16.2. The maximum absolute atomic E-state index is 3.26. The van der Waals surface area contributed by atoms with Gasteiger partial charge in [-0.15, -0.1) is 0 Å². The number of aromatic nitrogens is 2. The van der Waals surface area contributed by atoms with Crippen LogP contribution in [0.1, 0.15) is 5.69 Å². The monoisotopic (exact) mass is 338 g/mol. The summed E-state index contributed by atoms with van der Waals surface area (Å²) in [5.74, 6) is 0. The molecule has 0 unspecified atom stereocenters. The molecule has 0 bridgehead atoms. The highest BCUT2D eigenvalue weighted by molar-refractivity contribution is 5.86. The molecule has 0 saturated heterocycles. The Hall–Kier alpha value is -3.26. The predicted molar refractivity (Wildman–Crippen MR) is 111 cm³/mol. The van der Waals surface area contributed by atoms with Gasteiger partial charge < -0.3 is 9.55 Å². The van der Waals surface area contributed by atoms with Crippen LogP contribution in [-0.4, -0.2) is 9.55 Å². The molecule has 0 atom stereocenters. The number of aromatic amines is 1. The van der Waals surface area contributed by atoms with Crippen LogP contribution in [0.15, 0.2) is 91.0 Å². The van der Waals surface area contributed by atoms with E-state index in [4.69, 9.17) is 0 Å². The number of rotatable bonds is 1. The highest BCUT2D eigenvalue weighted by atomic mass is 14.9. The third kappa shape index (κ3) is 3.14. The van der Waals surface area contributed by atoms with Crippen molar-refractivity contribution >= 4 is 21.8 Å². The van der Waals surface area contributed by atoms with Gasteiger partial charge in [-0.1, -0.05) is 66.7 Å². The summed E-state index contributed by atoms with van der Waals surface area (Å²) in [6.45, 7) is 2.07. The summed E-state index contributed by atoms with van der Waals surface area (Å²) in [5.41, 5.74) is 6.26. The van der Waals surface area contributed by atoms with Crippen molar-refractivity contribution in [1.29, 1.82) is 0 Å². The average molecular weight is 338 g/mol. The Kier molecular flexibility index (Phi) is 4.32. The molecule has 0 spiro atoms. The number of hydrogen-bond acceptors (Lipinski definition) is 0. The smallest absolute Gasteiger partial charge is 0.0488 e. The molecule has 0 fully saturated rings. The fourth-order valence-electron chi connectivity index (χ4n) is 3.39. The lowest BCUT2D eigenvalue weighted by Crippen LogP contribution is -1.90. The number of fused-ring (bicyclic) bond motifs is 2. The second kappa shape index (κ2) is 6.93. The fraction of sp³-hybridized carbons (Fsp3) is 0.0833. The van der Waals surface area contributed by atoms with Gasteiger partial charge in [-0.25, -0.2) is 0 Å². The largest absolute Gasteiger partial charge is 0.359 e. The van der Waals surface area contributed by atoms with E-state index in [0.717, 1.165) is 0 Å². The summed E-state index contributed by atoms with van der Waals surface area (Å²) in [4.78, 5) is 3.26. The zero-order chi connectivity index (χ0) is 17.9. The highest BCUT2D eigenvalue weighted by Gasteiger charge is 2.05. The Bertz CT molecular complexity index is 1110. The van der Waals surface area contributed by atoms with Gasteiger partial charge in [-0.05, 0) is 42.1 Å². The second-order valence-electron chi connectivity index (χ2n) is 6.55. The van der Waals surface area contributed by atoms with Crippen molar-refractivity contribution in [1.82, 2.24) is 9.55 Å². The number of aryl methyl sites for hydroxylation is 2. The first-order valence-corrected chi connectivity index (χ1v) is 8.86. The van der Waals surface area contributed by atoms with Crippen molar-refractivity contribution in [3.05, 3.63) is 96.7 Å². The summed E-state index contributed by atoms with van der Waals surface area (Å²) in [5, 5.41) is 2.59. The van der Waals surface area contributed by atoms with E-state index in [-0.39, 0.29) is 0 Å². The molecule has 2 aromatic heterocycles.